The lowest BCUT2D eigenvalue weighted by Gasteiger charge is -2.42. The Morgan fingerprint density at radius 3 is 2.61 bits per heavy atom. The second kappa shape index (κ2) is 9.89. The van der Waals surface area contributed by atoms with Crippen LogP contribution in [0.15, 0.2) is 47.3 Å². The van der Waals surface area contributed by atoms with Gasteiger partial charge in [0.15, 0.2) is 0 Å². The van der Waals surface area contributed by atoms with Crippen molar-refractivity contribution in [3.63, 3.8) is 0 Å². The van der Waals surface area contributed by atoms with E-state index in [4.69, 9.17) is 4.74 Å². The fraction of sp³-hybridized carbons (Fsp3) is 0.417. The van der Waals surface area contributed by atoms with Gasteiger partial charge < -0.3 is 24.8 Å². The minimum atomic E-state index is -0.407. The number of hydrogen-bond donors (Lipinski definition) is 2. The first-order valence-electron chi connectivity index (χ1n) is 11.2. The molecule has 33 heavy (non-hydrogen) atoms. The molecule has 4 rings (SSSR count). The molecular weight excluding hydrogens is 424 g/mol. The molecule has 2 N–H and O–H groups in total. The maximum absolute atomic E-state index is 12.7. The molecule has 2 bridgehead atoms. The fourth-order valence-electron chi connectivity index (χ4n) is 4.58. The summed E-state index contributed by atoms with van der Waals surface area (Å²) in [6.45, 7) is 4.05. The van der Waals surface area contributed by atoms with Crippen LogP contribution in [0.25, 0.3) is 0 Å². The van der Waals surface area contributed by atoms with Gasteiger partial charge in [-0.3, -0.25) is 9.59 Å². The van der Waals surface area contributed by atoms with Crippen LogP contribution in [-0.2, 0) is 16.1 Å². The van der Waals surface area contributed by atoms with Crippen molar-refractivity contribution in [2.75, 3.05) is 31.6 Å². The summed E-state index contributed by atoms with van der Waals surface area (Å²) in [5.74, 6) is -0.237. The monoisotopic (exact) mass is 452 g/mol. The lowest BCUT2D eigenvalue weighted by Crippen LogP contribution is -2.52. The van der Waals surface area contributed by atoms with Crippen molar-refractivity contribution < 1.29 is 19.1 Å². The highest BCUT2D eigenvalue weighted by Gasteiger charge is 2.36. The molecule has 0 unspecified atom stereocenters. The average Bonchev–Trinajstić information content (AvgIpc) is 2.80. The van der Waals surface area contributed by atoms with Crippen molar-refractivity contribution in [1.82, 2.24) is 14.8 Å². The van der Waals surface area contributed by atoms with Crippen LogP contribution in [0, 0.1) is 5.92 Å². The van der Waals surface area contributed by atoms with E-state index in [2.05, 4.69) is 10.6 Å². The molecule has 3 heterocycles. The van der Waals surface area contributed by atoms with Crippen LogP contribution in [0.2, 0.25) is 0 Å². The normalized spacial score (nSPS) is 18.8. The number of carbonyl (C=O) groups excluding carboxylic acids is 3. The van der Waals surface area contributed by atoms with Gasteiger partial charge in [0.25, 0.3) is 5.56 Å². The van der Waals surface area contributed by atoms with E-state index in [1.54, 1.807) is 48.2 Å². The van der Waals surface area contributed by atoms with E-state index in [0.717, 1.165) is 12.1 Å². The van der Waals surface area contributed by atoms with Gasteiger partial charge in [-0.2, -0.15) is 0 Å². The number of pyridine rings is 1. The minimum Gasteiger partial charge on any atom is -0.462 e. The average molecular weight is 453 g/mol. The molecule has 2 aromatic rings. The van der Waals surface area contributed by atoms with Crippen LogP contribution in [0.4, 0.5) is 10.5 Å². The van der Waals surface area contributed by atoms with Gasteiger partial charge in [-0.1, -0.05) is 6.07 Å². The van der Waals surface area contributed by atoms with Crippen LogP contribution in [0.1, 0.15) is 41.7 Å². The molecule has 3 amide bonds. The number of piperidine rings is 1. The Balaban J connectivity index is 1.24. The summed E-state index contributed by atoms with van der Waals surface area (Å²) < 4.78 is 6.77. The van der Waals surface area contributed by atoms with Gasteiger partial charge in [-0.05, 0) is 49.6 Å². The minimum absolute atomic E-state index is 0.0154. The number of urea groups is 1. The summed E-state index contributed by atoms with van der Waals surface area (Å²) >= 11 is 0. The molecule has 1 saturated heterocycles. The first-order chi connectivity index (χ1) is 15.9. The third kappa shape index (κ3) is 5.24. The lowest BCUT2D eigenvalue weighted by atomic mass is 9.83. The molecule has 1 aromatic heterocycles. The first-order valence-corrected chi connectivity index (χ1v) is 11.2. The first kappa shape index (κ1) is 22.6. The number of rotatable bonds is 6. The van der Waals surface area contributed by atoms with Gasteiger partial charge >= 0.3 is 12.0 Å². The van der Waals surface area contributed by atoms with E-state index in [-0.39, 0.29) is 42.3 Å². The van der Waals surface area contributed by atoms with Crippen molar-refractivity contribution in [3.8, 4) is 0 Å². The number of nitrogens with zero attached hydrogens (tertiary/aromatic N) is 2. The van der Waals surface area contributed by atoms with Crippen LogP contribution in [-0.4, -0.2) is 53.6 Å². The van der Waals surface area contributed by atoms with Crippen molar-refractivity contribution in [1.29, 1.82) is 0 Å². The molecule has 174 valence electrons. The number of ether oxygens (including phenoxy) is 1. The Labute approximate surface area is 191 Å². The highest BCUT2D eigenvalue weighted by Crippen LogP contribution is 2.34. The second-order valence-electron chi connectivity index (χ2n) is 8.43. The molecular formula is C24H28N4O5. The summed E-state index contributed by atoms with van der Waals surface area (Å²) in [6.07, 6.45) is 1.11. The Hall–Kier alpha value is -3.62. The number of likely N-dealkylation sites (tertiary alicyclic amines) is 1. The zero-order chi connectivity index (χ0) is 23.4. The predicted octanol–water partition coefficient (Wildman–Crippen LogP) is 2.18. The van der Waals surface area contributed by atoms with Gasteiger partial charge in [0.2, 0.25) is 5.91 Å². The Morgan fingerprint density at radius 2 is 1.85 bits per heavy atom. The number of benzene rings is 1. The molecule has 1 fully saturated rings. The van der Waals surface area contributed by atoms with Crippen LogP contribution in [0.5, 0.6) is 0 Å². The Morgan fingerprint density at radius 1 is 1.06 bits per heavy atom. The van der Waals surface area contributed by atoms with Crippen LogP contribution < -0.4 is 16.2 Å². The molecule has 0 saturated carbocycles. The van der Waals surface area contributed by atoms with Gasteiger partial charge in [0.05, 0.1) is 12.2 Å². The summed E-state index contributed by atoms with van der Waals surface area (Å²) in [5.41, 5.74) is 1.99. The highest BCUT2D eigenvalue weighted by molar-refractivity contribution is 5.93. The summed E-state index contributed by atoms with van der Waals surface area (Å²) in [5, 5.41) is 5.58. The quantitative estimate of drug-likeness (QED) is 0.653. The predicted molar refractivity (Wildman–Crippen MR) is 122 cm³/mol. The van der Waals surface area contributed by atoms with E-state index in [1.165, 1.54) is 0 Å². The van der Waals surface area contributed by atoms with E-state index < -0.39 is 5.97 Å². The number of nitrogens with one attached hydrogen (secondary N) is 2. The van der Waals surface area contributed by atoms with Gasteiger partial charge in [0, 0.05) is 56.0 Å². The summed E-state index contributed by atoms with van der Waals surface area (Å²) in [7, 11) is 0. The van der Waals surface area contributed by atoms with Gasteiger partial charge in [-0.25, -0.2) is 9.59 Å². The standard InChI is InChI=1S/C24H28N4O5/c1-2-33-23(31)17-6-8-19(9-7-17)26-21(29)10-11-25-24(32)27-13-16-12-18(15-27)20-4-3-5-22(30)28(20)14-16/h3-9,16,18H,2,10-15H2,1H3,(H,25,32)(H,26,29)/t16-,18+/m0/s1. The molecule has 2 atom stereocenters. The third-order valence-corrected chi connectivity index (χ3v) is 6.08. The second-order valence-corrected chi connectivity index (χ2v) is 8.43. The number of fused-ring (bicyclic) bond motifs is 4. The van der Waals surface area contributed by atoms with Gasteiger partial charge in [-0.15, -0.1) is 0 Å². The number of aromatic nitrogens is 1. The molecule has 9 heteroatoms. The largest absolute Gasteiger partial charge is 0.462 e. The van der Waals surface area contributed by atoms with Crippen molar-refractivity contribution in [3.05, 3.63) is 64.1 Å². The maximum Gasteiger partial charge on any atom is 0.338 e. The molecule has 0 spiro atoms. The highest BCUT2D eigenvalue weighted by atomic mass is 16.5. The number of carbonyl (C=O) groups is 3. The Kier molecular flexibility index (Phi) is 6.76. The zero-order valence-electron chi connectivity index (χ0n) is 18.6. The van der Waals surface area contributed by atoms with Crippen LogP contribution >= 0.6 is 0 Å². The smallest absolute Gasteiger partial charge is 0.338 e. The molecule has 0 aliphatic carbocycles. The topological polar surface area (TPSA) is 110 Å². The molecule has 2 aliphatic heterocycles. The molecule has 9 nitrogen and oxygen atoms in total. The van der Waals surface area contributed by atoms with Crippen molar-refractivity contribution in [2.45, 2.75) is 32.2 Å². The molecule has 1 aromatic carbocycles. The van der Waals surface area contributed by atoms with E-state index in [9.17, 15) is 19.2 Å². The van der Waals surface area contributed by atoms with E-state index in [1.807, 2.05) is 10.6 Å². The number of anilines is 1. The molecule has 0 radical (unpaired) electrons. The number of esters is 1. The third-order valence-electron chi connectivity index (χ3n) is 6.08. The van der Waals surface area contributed by atoms with E-state index >= 15 is 0 Å². The Bertz CT molecular complexity index is 1090. The zero-order valence-corrected chi connectivity index (χ0v) is 18.6. The fourth-order valence-corrected chi connectivity index (χ4v) is 4.58. The number of hydrogen-bond acceptors (Lipinski definition) is 5. The molecule has 2 aliphatic rings. The van der Waals surface area contributed by atoms with E-state index in [0.29, 0.717) is 37.5 Å². The summed E-state index contributed by atoms with van der Waals surface area (Å²) in [4.78, 5) is 50.5. The van der Waals surface area contributed by atoms with Gasteiger partial charge in [0.1, 0.15) is 0 Å². The lowest BCUT2D eigenvalue weighted by molar-refractivity contribution is -0.116. The van der Waals surface area contributed by atoms with Crippen molar-refractivity contribution in [2.24, 2.45) is 5.92 Å². The van der Waals surface area contributed by atoms with Crippen LogP contribution in [0.3, 0.4) is 0 Å². The maximum atomic E-state index is 12.7. The van der Waals surface area contributed by atoms with Crippen molar-refractivity contribution >= 4 is 23.6 Å². The SMILES string of the molecule is CCOC(=O)c1ccc(NC(=O)CCNC(=O)N2C[C@@H]3C[C@H](C2)c2cccc(=O)n2C3)cc1. The summed E-state index contributed by atoms with van der Waals surface area (Å²) in [6, 6.07) is 11.6. The number of amides is 3.